The fraction of sp³-hybridized carbons (Fsp3) is 0.417. The van der Waals surface area contributed by atoms with Crippen molar-refractivity contribution >= 4 is 6.29 Å². The lowest BCUT2D eigenvalue weighted by Gasteiger charge is -2.26. The Morgan fingerprint density at radius 3 is 3.13 bits per heavy atom. The number of fused-ring (bicyclic) bond motifs is 1. The van der Waals surface area contributed by atoms with Crippen molar-refractivity contribution in [3.63, 3.8) is 0 Å². The summed E-state index contributed by atoms with van der Waals surface area (Å²) in [6.45, 7) is 0.660. The van der Waals surface area contributed by atoms with Gasteiger partial charge in [0, 0.05) is 6.42 Å². The van der Waals surface area contributed by atoms with Crippen LogP contribution in [0.15, 0.2) is 24.3 Å². The predicted octanol–water partition coefficient (Wildman–Crippen LogP) is 1.25. The van der Waals surface area contributed by atoms with Gasteiger partial charge in [-0.3, -0.25) is 0 Å². The van der Waals surface area contributed by atoms with Gasteiger partial charge >= 0.3 is 0 Å². The average molecular weight is 206 g/mol. The van der Waals surface area contributed by atoms with Gasteiger partial charge in [0.1, 0.15) is 12.4 Å². The first-order valence-corrected chi connectivity index (χ1v) is 5.14. The van der Waals surface area contributed by atoms with E-state index in [0.717, 1.165) is 12.0 Å². The summed E-state index contributed by atoms with van der Waals surface area (Å²) in [5.41, 5.74) is 2.36. The number of ether oxygens (including phenoxy) is 1. The maximum Gasteiger partial charge on any atom is 0.148 e. The van der Waals surface area contributed by atoms with Crippen LogP contribution < -0.4 is 0 Å². The zero-order valence-corrected chi connectivity index (χ0v) is 8.43. The van der Waals surface area contributed by atoms with Crippen molar-refractivity contribution < 1.29 is 14.6 Å². The summed E-state index contributed by atoms with van der Waals surface area (Å²) in [7, 11) is 0. The highest BCUT2D eigenvalue weighted by atomic mass is 16.5. The fourth-order valence-corrected chi connectivity index (χ4v) is 1.95. The minimum atomic E-state index is -0.929. The van der Waals surface area contributed by atoms with Gasteiger partial charge in [0.05, 0.1) is 12.7 Å². The number of rotatable bonds is 3. The second-order valence-electron chi connectivity index (χ2n) is 3.75. The SMILES string of the molecule is O=CC(O)CC1OCCc2ccccc21. The lowest BCUT2D eigenvalue weighted by Crippen LogP contribution is -2.21. The average Bonchev–Trinajstić information content (AvgIpc) is 2.29. The minimum absolute atomic E-state index is 0.143. The van der Waals surface area contributed by atoms with E-state index in [1.165, 1.54) is 5.56 Å². The molecule has 1 heterocycles. The van der Waals surface area contributed by atoms with Crippen molar-refractivity contribution in [2.24, 2.45) is 0 Å². The molecule has 1 aromatic carbocycles. The van der Waals surface area contributed by atoms with Gasteiger partial charge in [0.15, 0.2) is 0 Å². The van der Waals surface area contributed by atoms with E-state index in [4.69, 9.17) is 4.74 Å². The van der Waals surface area contributed by atoms with E-state index in [2.05, 4.69) is 6.07 Å². The summed E-state index contributed by atoms with van der Waals surface area (Å²) in [4.78, 5) is 10.4. The highest BCUT2D eigenvalue weighted by molar-refractivity contribution is 5.55. The molecule has 80 valence electrons. The lowest BCUT2D eigenvalue weighted by atomic mass is 9.94. The predicted molar refractivity (Wildman–Crippen MR) is 55.5 cm³/mol. The van der Waals surface area contributed by atoms with Crippen LogP contribution in [0, 0.1) is 0 Å². The molecular formula is C12H14O3. The Kier molecular flexibility index (Phi) is 3.14. The first-order valence-electron chi connectivity index (χ1n) is 5.14. The molecule has 2 atom stereocenters. The van der Waals surface area contributed by atoms with Crippen molar-refractivity contribution in [3.8, 4) is 0 Å². The molecule has 15 heavy (non-hydrogen) atoms. The number of aliphatic hydroxyl groups is 1. The topological polar surface area (TPSA) is 46.5 Å². The molecule has 1 aromatic rings. The molecule has 0 bridgehead atoms. The third kappa shape index (κ3) is 2.25. The van der Waals surface area contributed by atoms with Gasteiger partial charge in [-0.2, -0.15) is 0 Å². The number of hydrogen-bond donors (Lipinski definition) is 1. The summed E-state index contributed by atoms with van der Waals surface area (Å²) in [6, 6.07) is 8.01. The second-order valence-corrected chi connectivity index (χ2v) is 3.75. The van der Waals surface area contributed by atoms with Crippen LogP contribution in [0.1, 0.15) is 23.7 Å². The summed E-state index contributed by atoms with van der Waals surface area (Å²) >= 11 is 0. The maximum absolute atomic E-state index is 10.4. The zero-order chi connectivity index (χ0) is 10.7. The molecule has 2 rings (SSSR count). The first-order chi connectivity index (χ1) is 7.31. The number of aliphatic hydroxyl groups excluding tert-OH is 1. The van der Waals surface area contributed by atoms with Crippen molar-refractivity contribution in [1.29, 1.82) is 0 Å². The van der Waals surface area contributed by atoms with Crippen molar-refractivity contribution in [3.05, 3.63) is 35.4 Å². The maximum atomic E-state index is 10.4. The third-order valence-corrected chi connectivity index (χ3v) is 2.71. The minimum Gasteiger partial charge on any atom is -0.386 e. The molecular weight excluding hydrogens is 192 g/mol. The number of benzene rings is 1. The van der Waals surface area contributed by atoms with E-state index < -0.39 is 6.10 Å². The molecule has 0 fully saturated rings. The highest BCUT2D eigenvalue weighted by Crippen LogP contribution is 2.29. The van der Waals surface area contributed by atoms with Gasteiger partial charge in [-0.25, -0.2) is 0 Å². The summed E-state index contributed by atoms with van der Waals surface area (Å²) in [6.07, 6.45) is 0.738. The highest BCUT2D eigenvalue weighted by Gasteiger charge is 2.22. The number of aldehydes is 1. The van der Waals surface area contributed by atoms with Crippen LogP contribution in [-0.2, 0) is 16.0 Å². The van der Waals surface area contributed by atoms with Gasteiger partial charge in [-0.1, -0.05) is 24.3 Å². The number of carbonyl (C=O) groups is 1. The Bertz CT molecular complexity index is 348. The van der Waals surface area contributed by atoms with E-state index >= 15 is 0 Å². The Labute approximate surface area is 88.7 Å². The van der Waals surface area contributed by atoms with Crippen molar-refractivity contribution in [2.45, 2.75) is 25.0 Å². The summed E-state index contributed by atoms with van der Waals surface area (Å²) in [5.74, 6) is 0. The zero-order valence-electron chi connectivity index (χ0n) is 8.43. The van der Waals surface area contributed by atoms with Crippen LogP contribution in [-0.4, -0.2) is 24.1 Å². The fourth-order valence-electron chi connectivity index (χ4n) is 1.95. The normalized spacial score (nSPS) is 21.8. The van der Waals surface area contributed by atoms with E-state index in [1.54, 1.807) is 0 Å². The standard InChI is InChI=1S/C12H14O3/c13-8-10(14)7-12-11-4-2-1-3-9(11)5-6-15-12/h1-4,8,10,12,14H,5-7H2. The Morgan fingerprint density at radius 1 is 1.53 bits per heavy atom. The Balaban J connectivity index is 2.18. The third-order valence-electron chi connectivity index (χ3n) is 2.71. The smallest absolute Gasteiger partial charge is 0.148 e. The van der Waals surface area contributed by atoms with Crippen LogP contribution in [0.3, 0.4) is 0 Å². The van der Waals surface area contributed by atoms with E-state index in [-0.39, 0.29) is 6.10 Å². The molecule has 0 aromatic heterocycles. The van der Waals surface area contributed by atoms with Gasteiger partial charge in [0.2, 0.25) is 0 Å². The monoisotopic (exact) mass is 206 g/mol. The molecule has 3 heteroatoms. The van der Waals surface area contributed by atoms with E-state index in [9.17, 15) is 9.90 Å². The molecule has 0 spiro atoms. The second kappa shape index (κ2) is 4.55. The van der Waals surface area contributed by atoms with Crippen molar-refractivity contribution in [1.82, 2.24) is 0 Å². The first kappa shape index (κ1) is 10.3. The van der Waals surface area contributed by atoms with Crippen LogP contribution in [0.4, 0.5) is 0 Å². The van der Waals surface area contributed by atoms with Crippen LogP contribution in [0.5, 0.6) is 0 Å². The van der Waals surface area contributed by atoms with E-state index in [0.29, 0.717) is 19.3 Å². The van der Waals surface area contributed by atoms with E-state index in [1.807, 2.05) is 18.2 Å². The molecule has 1 aliphatic rings. The molecule has 1 N–H and O–H groups in total. The molecule has 0 aliphatic carbocycles. The van der Waals surface area contributed by atoms with Gasteiger partial charge in [-0.15, -0.1) is 0 Å². The number of carbonyl (C=O) groups excluding carboxylic acids is 1. The van der Waals surface area contributed by atoms with Crippen LogP contribution >= 0.6 is 0 Å². The quantitative estimate of drug-likeness (QED) is 0.757. The van der Waals surface area contributed by atoms with Gasteiger partial charge < -0.3 is 14.6 Å². The molecule has 0 radical (unpaired) electrons. The number of hydrogen-bond acceptors (Lipinski definition) is 3. The largest absolute Gasteiger partial charge is 0.386 e. The van der Waals surface area contributed by atoms with Gasteiger partial charge in [0.25, 0.3) is 0 Å². The van der Waals surface area contributed by atoms with Crippen molar-refractivity contribution in [2.75, 3.05) is 6.61 Å². The van der Waals surface area contributed by atoms with Gasteiger partial charge in [-0.05, 0) is 17.5 Å². The Morgan fingerprint density at radius 2 is 2.33 bits per heavy atom. The molecule has 0 saturated carbocycles. The summed E-state index contributed by atoms with van der Waals surface area (Å²) < 4.78 is 5.56. The van der Waals surface area contributed by atoms with Crippen LogP contribution in [0.2, 0.25) is 0 Å². The molecule has 2 unspecified atom stereocenters. The molecule has 1 aliphatic heterocycles. The lowest BCUT2D eigenvalue weighted by molar-refractivity contribution is -0.117. The Hall–Kier alpha value is -1.19. The molecule has 0 saturated heterocycles. The molecule has 0 amide bonds. The van der Waals surface area contributed by atoms with Crippen LogP contribution in [0.25, 0.3) is 0 Å². The summed E-state index contributed by atoms with van der Waals surface area (Å²) in [5, 5.41) is 9.29. The molecule has 3 nitrogen and oxygen atoms in total.